The summed E-state index contributed by atoms with van der Waals surface area (Å²) in [6, 6.07) is 10.2. The van der Waals surface area contributed by atoms with Gasteiger partial charge < -0.3 is 14.0 Å². The van der Waals surface area contributed by atoms with Crippen LogP contribution in [0.15, 0.2) is 58.9 Å². The van der Waals surface area contributed by atoms with Crippen LogP contribution >= 0.6 is 11.3 Å². The largest absolute Gasteiger partial charge is 0.493 e. The van der Waals surface area contributed by atoms with Gasteiger partial charge in [-0.1, -0.05) is 23.5 Å². The summed E-state index contributed by atoms with van der Waals surface area (Å²) >= 11 is 1.27. The van der Waals surface area contributed by atoms with E-state index >= 15 is 0 Å². The van der Waals surface area contributed by atoms with Crippen molar-refractivity contribution in [3.05, 3.63) is 59.4 Å². The molecule has 1 aromatic heterocycles. The van der Waals surface area contributed by atoms with Crippen molar-refractivity contribution in [3.8, 4) is 11.5 Å². The highest BCUT2D eigenvalue weighted by molar-refractivity contribution is 7.90. The molecule has 1 heterocycles. The zero-order valence-corrected chi connectivity index (χ0v) is 18.5. The Kier molecular flexibility index (Phi) is 6.42. The van der Waals surface area contributed by atoms with Gasteiger partial charge in [0.05, 0.1) is 35.8 Å². The maximum atomic E-state index is 12.6. The maximum Gasteiger partial charge on any atom is 0.252 e. The zero-order valence-electron chi connectivity index (χ0n) is 16.9. The molecule has 30 heavy (non-hydrogen) atoms. The first-order valence-corrected chi connectivity index (χ1v) is 11.7. The minimum atomic E-state index is -3.33. The number of carbonyl (C=O) groups excluding carboxylic acids is 1. The lowest BCUT2D eigenvalue weighted by Gasteiger charge is -2.08. The number of thiazole rings is 1. The van der Waals surface area contributed by atoms with Crippen molar-refractivity contribution in [2.45, 2.75) is 17.9 Å². The minimum Gasteiger partial charge on any atom is -0.493 e. The number of hydrogen-bond acceptors (Lipinski definition) is 6. The highest BCUT2D eigenvalue weighted by Crippen LogP contribution is 2.28. The van der Waals surface area contributed by atoms with Gasteiger partial charge in [-0.05, 0) is 35.9 Å². The fraction of sp³-hybridized carbons (Fsp3) is 0.238. The lowest BCUT2D eigenvalue weighted by Crippen LogP contribution is -2.17. The van der Waals surface area contributed by atoms with Crippen molar-refractivity contribution in [1.82, 2.24) is 4.57 Å². The molecule has 0 saturated carbocycles. The molecule has 0 saturated heterocycles. The number of allylic oxidation sites excluding steroid dienone is 1. The van der Waals surface area contributed by atoms with Crippen molar-refractivity contribution < 1.29 is 22.7 Å². The molecule has 3 rings (SSSR count). The van der Waals surface area contributed by atoms with E-state index in [2.05, 4.69) is 11.6 Å². The molecule has 0 bridgehead atoms. The van der Waals surface area contributed by atoms with E-state index in [1.807, 2.05) is 4.57 Å². The molecule has 0 fully saturated rings. The number of hydrogen-bond donors (Lipinski definition) is 0. The molecule has 0 aliphatic rings. The molecule has 0 atom stereocenters. The topological polar surface area (TPSA) is 87.0 Å². The number of rotatable bonds is 7. The second-order valence-corrected chi connectivity index (χ2v) is 9.58. The number of sulfone groups is 1. The fourth-order valence-corrected chi connectivity index (χ4v) is 4.80. The van der Waals surface area contributed by atoms with E-state index in [-0.39, 0.29) is 17.2 Å². The van der Waals surface area contributed by atoms with E-state index in [9.17, 15) is 13.2 Å². The Morgan fingerprint density at radius 3 is 2.53 bits per heavy atom. The van der Waals surface area contributed by atoms with E-state index in [4.69, 9.17) is 9.47 Å². The average Bonchev–Trinajstić information content (AvgIpc) is 3.03. The Morgan fingerprint density at radius 1 is 1.17 bits per heavy atom. The molecular formula is C21H22N2O5S2. The first-order valence-electron chi connectivity index (χ1n) is 8.99. The number of amides is 1. The Morgan fingerprint density at radius 2 is 1.90 bits per heavy atom. The van der Waals surface area contributed by atoms with Crippen LogP contribution in [0.25, 0.3) is 10.2 Å². The van der Waals surface area contributed by atoms with Gasteiger partial charge in [-0.2, -0.15) is 4.99 Å². The molecule has 1 amide bonds. The second-order valence-electron chi connectivity index (χ2n) is 6.56. The molecule has 2 aromatic carbocycles. The first-order chi connectivity index (χ1) is 14.3. The Balaban J connectivity index is 2.00. The Labute approximate surface area is 178 Å². The molecule has 0 N–H and O–H groups in total. The summed E-state index contributed by atoms with van der Waals surface area (Å²) in [5, 5.41) is 0. The summed E-state index contributed by atoms with van der Waals surface area (Å²) in [4.78, 5) is 17.6. The summed E-state index contributed by atoms with van der Waals surface area (Å²) in [6.45, 7) is 4.20. The molecule has 9 heteroatoms. The Hall–Kier alpha value is -2.91. The summed E-state index contributed by atoms with van der Waals surface area (Å²) < 4.78 is 36.8. The van der Waals surface area contributed by atoms with Crippen LogP contribution in [0, 0.1) is 0 Å². The van der Waals surface area contributed by atoms with Gasteiger partial charge >= 0.3 is 0 Å². The standard InChI is InChI=1S/C21H22N2O5S2/c1-5-10-23-16-8-7-15(30(4,25)26)13-19(16)29-21(23)22-20(24)12-14-6-9-17(27-2)18(11-14)28-3/h5-9,11,13H,1,10,12H2,2-4H3. The average molecular weight is 447 g/mol. The van der Waals surface area contributed by atoms with Crippen molar-refractivity contribution in [2.24, 2.45) is 4.99 Å². The van der Waals surface area contributed by atoms with Gasteiger partial charge in [0.25, 0.3) is 5.91 Å². The molecule has 0 unspecified atom stereocenters. The SMILES string of the molecule is C=CCn1c(=NC(=O)Cc2ccc(OC)c(OC)c2)sc2cc(S(C)(=O)=O)ccc21. The van der Waals surface area contributed by atoms with E-state index in [0.29, 0.717) is 22.8 Å². The lowest BCUT2D eigenvalue weighted by atomic mass is 10.1. The third kappa shape index (κ3) is 4.63. The molecule has 0 spiro atoms. The van der Waals surface area contributed by atoms with Gasteiger partial charge in [0, 0.05) is 12.8 Å². The van der Waals surface area contributed by atoms with Crippen molar-refractivity contribution in [2.75, 3.05) is 20.5 Å². The molecule has 0 aliphatic carbocycles. The van der Waals surface area contributed by atoms with Crippen LogP contribution in [-0.4, -0.2) is 39.4 Å². The molecule has 0 radical (unpaired) electrons. The minimum absolute atomic E-state index is 0.0945. The summed E-state index contributed by atoms with van der Waals surface area (Å²) in [5.74, 6) is 0.801. The second kappa shape index (κ2) is 8.85. The molecular weight excluding hydrogens is 424 g/mol. The predicted octanol–water partition coefficient (Wildman–Crippen LogP) is 2.98. The predicted molar refractivity (Wildman–Crippen MR) is 117 cm³/mol. The van der Waals surface area contributed by atoms with Crippen LogP contribution in [0.1, 0.15) is 5.56 Å². The van der Waals surface area contributed by atoms with Crippen LogP contribution in [0.4, 0.5) is 0 Å². The molecule has 3 aromatic rings. The summed E-state index contributed by atoms with van der Waals surface area (Å²) in [6.07, 6.45) is 2.96. The van der Waals surface area contributed by atoms with Crippen molar-refractivity contribution in [1.29, 1.82) is 0 Å². The van der Waals surface area contributed by atoms with Crippen LogP contribution in [0.5, 0.6) is 11.5 Å². The monoisotopic (exact) mass is 446 g/mol. The van der Waals surface area contributed by atoms with E-state index in [1.54, 1.807) is 49.6 Å². The smallest absolute Gasteiger partial charge is 0.252 e. The van der Waals surface area contributed by atoms with Gasteiger partial charge in [-0.3, -0.25) is 4.79 Å². The van der Waals surface area contributed by atoms with Crippen molar-refractivity contribution in [3.63, 3.8) is 0 Å². The number of carbonyl (C=O) groups is 1. The third-order valence-electron chi connectivity index (χ3n) is 4.42. The maximum absolute atomic E-state index is 12.6. The van der Waals surface area contributed by atoms with Gasteiger partial charge in [-0.25, -0.2) is 8.42 Å². The third-order valence-corrected chi connectivity index (χ3v) is 6.57. The molecule has 158 valence electrons. The number of aromatic nitrogens is 1. The van der Waals surface area contributed by atoms with E-state index in [0.717, 1.165) is 22.0 Å². The number of fused-ring (bicyclic) bond motifs is 1. The molecule has 0 aliphatic heterocycles. The number of ether oxygens (including phenoxy) is 2. The van der Waals surface area contributed by atoms with E-state index < -0.39 is 9.84 Å². The van der Waals surface area contributed by atoms with Crippen molar-refractivity contribution >= 4 is 37.3 Å². The van der Waals surface area contributed by atoms with Crippen LogP contribution in [0.2, 0.25) is 0 Å². The number of methoxy groups -OCH3 is 2. The molecule has 7 nitrogen and oxygen atoms in total. The summed E-state index contributed by atoms with van der Waals surface area (Å²) in [5.41, 5.74) is 1.54. The fourth-order valence-electron chi connectivity index (χ4n) is 2.99. The van der Waals surface area contributed by atoms with Gasteiger partial charge in [0.2, 0.25) is 0 Å². The first kappa shape index (κ1) is 21.8. The van der Waals surface area contributed by atoms with Gasteiger partial charge in [0.1, 0.15) is 0 Å². The number of benzene rings is 2. The number of nitrogens with zero attached hydrogens (tertiary/aromatic N) is 2. The summed E-state index contributed by atoms with van der Waals surface area (Å²) in [7, 11) is -0.244. The highest BCUT2D eigenvalue weighted by Gasteiger charge is 2.13. The highest BCUT2D eigenvalue weighted by atomic mass is 32.2. The normalized spacial score (nSPS) is 12.2. The van der Waals surface area contributed by atoms with Crippen LogP contribution < -0.4 is 14.3 Å². The van der Waals surface area contributed by atoms with Gasteiger partial charge in [-0.15, -0.1) is 6.58 Å². The van der Waals surface area contributed by atoms with Crippen LogP contribution in [-0.2, 0) is 27.6 Å². The van der Waals surface area contributed by atoms with Gasteiger partial charge in [0.15, 0.2) is 26.1 Å². The zero-order chi connectivity index (χ0) is 21.9. The Bertz CT molecular complexity index is 1290. The van der Waals surface area contributed by atoms with E-state index in [1.165, 1.54) is 18.4 Å². The quantitative estimate of drug-likeness (QED) is 0.521. The van der Waals surface area contributed by atoms with Crippen LogP contribution in [0.3, 0.4) is 0 Å². The lowest BCUT2D eigenvalue weighted by molar-refractivity contribution is -0.117.